The van der Waals surface area contributed by atoms with Gasteiger partial charge in [0.2, 0.25) is 5.91 Å². The fourth-order valence-electron chi connectivity index (χ4n) is 1.05. The third kappa shape index (κ3) is 2.74. The number of carbonyl (C=O) groups excluding carboxylic acids is 1. The number of aryl methyl sites for hydroxylation is 1. The van der Waals surface area contributed by atoms with Crippen LogP contribution in [0.4, 0.5) is 5.69 Å². The molecule has 0 bridgehead atoms. The topological polar surface area (TPSA) is 52.9 Å². The highest BCUT2D eigenvalue weighted by molar-refractivity contribution is 6.33. The molecule has 0 aliphatic carbocycles. The molecule has 0 aliphatic heterocycles. The van der Waals surface area contributed by atoms with Gasteiger partial charge in [0.05, 0.1) is 16.8 Å². The minimum atomic E-state index is -1.06. The summed E-state index contributed by atoms with van der Waals surface area (Å²) in [5, 5.41) is 11.9. The third-order valence-corrected chi connectivity index (χ3v) is 2.53. The van der Waals surface area contributed by atoms with Gasteiger partial charge in [-0.1, -0.05) is 17.7 Å². The maximum atomic E-state index is 11.7. The van der Waals surface area contributed by atoms with E-state index in [2.05, 4.69) is 5.32 Å². The highest BCUT2D eigenvalue weighted by atomic mass is 35.5. The molecule has 0 saturated heterocycles. The van der Waals surface area contributed by atoms with Gasteiger partial charge in [-0.25, -0.2) is 0 Å². The molecule has 0 fully saturated rings. The van der Waals surface area contributed by atoms with E-state index < -0.39 is 5.41 Å². The minimum absolute atomic E-state index is 0.360. The average Bonchev–Trinajstić information content (AvgIpc) is 2.22. The smallest absolute Gasteiger partial charge is 0.244 e. The number of amides is 1. The van der Waals surface area contributed by atoms with Gasteiger partial charge in [0, 0.05) is 0 Å². The standard InChI is InChI=1S/C12H13ClN2O/c1-8-4-5-10(9(13)6-8)15-11(16)12(2,3)7-14/h4-6H,1-3H3,(H,15,16). The zero-order valence-corrected chi connectivity index (χ0v) is 10.2. The van der Waals surface area contributed by atoms with Crippen molar-refractivity contribution in [2.45, 2.75) is 20.8 Å². The second-order valence-corrected chi connectivity index (χ2v) is 4.58. The Hall–Kier alpha value is -1.53. The number of nitriles is 1. The lowest BCUT2D eigenvalue weighted by Crippen LogP contribution is -2.29. The highest BCUT2D eigenvalue weighted by Crippen LogP contribution is 2.25. The van der Waals surface area contributed by atoms with Crippen molar-refractivity contribution in [3.8, 4) is 6.07 Å². The molecular formula is C12H13ClN2O. The Morgan fingerprint density at radius 2 is 2.12 bits per heavy atom. The van der Waals surface area contributed by atoms with Crippen molar-refractivity contribution in [1.29, 1.82) is 5.26 Å². The zero-order valence-electron chi connectivity index (χ0n) is 9.47. The summed E-state index contributed by atoms with van der Waals surface area (Å²) < 4.78 is 0. The molecule has 0 aromatic heterocycles. The summed E-state index contributed by atoms with van der Waals surface area (Å²) in [5.41, 5.74) is 0.483. The predicted molar refractivity (Wildman–Crippen MR) is 64.2 cm³/mol. The van der Waals surface area contributed by atoms with Crippen molar-refractivity contribution in [2.24, 2.45) is 5.41 Å². The van der Waals surface area contributed by atoms with E-state index in [4.69, 9.17) is 16.9 Å². The normalized spacial score (nSPS) is 10.7. The molecule has 84 valence electrons. The van der Waals surface area contributed by atoms with Crippen LogP contribution in [0.1, 0.15) is 19.4 Å². The monoisotopic (exact) mass is 236 g/mol. The largest absolute Gasteiger partial charge is 0.323 e. The van der Waals surface area contributed by atoms with Crippen LogP contribution in [0.2, 0.25) is 5.02 Å². The maximum Gasteiger partial charge on any atom is 0.244 e. The van der Waals surface area contributed by atoms with Crippen molar-refractivity contribution in [1.82, 2.24) is 0 Å². The molecule has 1 rings (SSSR count). The molecule has 0 radical (unpaired) electrons. The van der Waals surface area contributed by atoms with Crippen LogP contribution in [0.5, 0.6) is 0 Å². The van der Waals surface area contributed by atoms with E-state index in [1.54, 1.807) is 26.0 Å². The van der Waals surface area contributed by atoms with Crippen LogP contribution in [-0.4, -0.2) is 5.91 Å². The summed E-state index contributed by atoms with van der Waals surface area (Å²) in [6.45, 7) is 5.03. The number of hydrogen-bond acceptors (Lipinski definition) is 2. The van der Waals surface area contributed by atoms with Crippen LogP contribution in [0.15, 0.2) is 18.2 Å². The van der Waals surface area contributed by atoms with Crippen LogP contribution in [0, 0.1) is 23.7 Å². The first-order valence-electron chi connectivity index (χ1n) is 4.85. The van der Waals surface area contributed by atoms with E-state index >= 15 is 0 Å². The number of benzene rings is 1. The molecule has 0 spiro atoms. The van der Waals surface area contributed by atoms with Crippen molar-refractivity contribution in [3.05, 3.63) is 28.8 Å². The molecule has 1 amide bonds. The van der Waals surface area contributed by atoms with Crippen LogP contribution < -0.4 is 5.32 Å². The number of nitrogens with one attached hydrogen (secondary N) is 1. The molecule has 0 heterocycles. The van der Waals surface area contributed by atoms with Gasteiger partial charge in [-0.05, 0) is 38.5 Å². The molecular weight excluding hydrogens is 224 g/mol. The first-order chi connectivity index (χ1) is 7.36. The van der Waals surface area contributed by atoms with E-state index in [0.717, 1.165) is 5.56 Å². The lowest BCUT2D eigenvalue weighted by molar-refractivity contribution is -0.121. The van der Waals surface area contributed by atoms with Gasteiger partial charge in [-0.2, -0.15) is 5.26 Å². The Morgan fingerprint density at radius 3 is 2.62 bits per heavy atom. The molecule has 1 aromatic rings. The molecule has 0 saturated carbocycles. The zero-order chi connectivity index (χ0) is 12.3. The third-order valence-electron chi connectivity index (χ3n) is 2.22. The lowest BCUT2D eigenvalue weighted by atomic mass is 9.94. The first-order valence-corrected chi connectivity index (χ1v) is 5.23. The van der Waals surface area contributed by atoms with Gasteiger partial charge in [0.25, 0.3) is 0 Å². The summed E-state index contributed by atoms with van der Waals surface area (Å²) in [6, 6.07) is 7.27. The number of rotatable bonds is 2. The van der Waals surface area contributed by atoms with Gasteiger partial charge in [0.15, 0.2) is 0 Å². The summed E-state index contributed by atoms with van der Waals surface area (Å²) in [6.07, 6.45) is 0. The van der Waals surface area contributed by atoms with Crippen molar-refractivity contribution >= 4 is 23.2 Å². The highest BCUT2D eigenvalue weighted by Gasteiger charge is 2.27. The molecule has 0 atom stereocenters. The van der Waals surface area contributed by atoms with Gasteiger partial charge >= 0.3 is 0 Å². The first kappa shape index (κ1) is 12.5. The van der Waals surface area contributed by atoms with E-state index in [0.29, 0.717) is 10.7 Å². The summed E-state index contributed by atoms with van der Waals surface area (Å²) in [4.78, 5) is 11.7. The molecule has 1 aromatic carbocycles. The van der Waals surface area contributed by atoms with E-state index in [1.165, 1.54) is 0 Å². The second kappa shape index (κ2) is 4.54. The molecule has 16 heavy (non-hydrogen) atoms. The Balaban J connectivity index is 2.91. The Labute approximate surface area is 100 Å². The van der Waals surface area contributed by atoms with Crippen LogP contribution in [0.3, 0.4) is 0 Å². The van der Waals surface area contributed by atoms with Crippen LogP contribution in [-0.2, 0) is 4.79 Å². The van der Waals surface area contributed by atoms with Gasteiger partial charge in [0.1, 0.15) is 5.41 Å². The van der Waals surface area contributed by atoms with E-state index in [9.17, 15) is 4.79 Å². The molecule has 4 heteroatoms. The van der Waals surface area contributed by atoms with Crippen molar-refractivity contribution in [3.63, 3.8) is 0 Å². The molecule has 1 N–H and O–H groups in total. The van der Waals surface area contributed by atoms with Gasteiger partial charge in [-0.3, -0.25) is 4.79 Å². The van der Waals surface area contributed by atoms with Gasteiger partial charge < -0.3 is 5.32 Å². The van der Waals surface area contributed by atoms with Gasteiger partial charge in [-0.15, -0.1) is 0 Å². The number of nitrogens with zero attached hydrogens (tertiary/aromatic N) is 1. The van der Waals surface area contributed by atoms with E-state index in [-0.39, 0.29) is 5.91 Å². The van der Waals surface area contributed by atoms with E-state index in [1.807, 2.05) is 19.1 Å². The fourth-order valence-corrected chi connectivity index (χ4v) is 1.33. The Morgan fingerprint density at radius 1 is 1.50 bits per heavy atom. The Kier molecular flexibility index (Phi) is 3.56. The average molecular weight is 237 g/mol. The summed E-state index contributed by atoms with van der Waals surface area (Å²) in [5.74, 6) is -0.360. The Bertz CT molecular complexity index is 461. The molecule has 3 nitrogen and oxygen atoms in total. The number of halogens is 1. The van der Waals surface area contributed by atoms with Crippen LogP contribution >= 0.6 is 11.6 Å². The predicted octanol–water partition coefficient (Wildman–Crippen LogP) is 3.14. The molecule has 0 unspecified atom stereocenters. The number of carbonyl (C=O) groups is 1. The molecule has 0 aliphatic rings. The fraction of sp³-hybridized carbons (Fsp3) is 0.333. The minimum Gasteiger partial charge on any atom is -0.323 e. The van der Waals surface area contributed by atoms with Crippen LogP contribution in [0.25, 0.3) is 0 Å². The maximum absolute atomic E-state index is 11.7. The summed E-state index contributed by atoms with van der Waals surface area (Å²) in [7, 11) is 0. The number of hydrogen-bond donors (Lipinski definition) is 1. The van der Waals surface area contributed by atoms with Crippen molar-refractivity contribution < 1.29 is 4.79 Å². The summed E-state index contributed by atoms with van der Waals surface area (Å²) >= 11 is 5.97. The second-order valence-electron chi connectivity index (χ2n) is 4.17. The van der Waals surface area contributed by atoms with Crippen molar-refractivity contribution in [2.75, 3.05) is 5.32 Å². The SMILES string of the molecule is Cc1ccc(NC(=O)C(C)(C)C#N)c(Cl)c1. The lowest BCUT2D eigenvalue weighted by Gasteiger charge is -2.15. The quantitative estimate of drug-likeness (QED) is 0.858. The number of anilines is 1.